The summed E-state index contributed by atoms with van der Waals surface area (Å²) in [5, 5.41) is 10.9. The summed E-state index contributed by atoms with van der Waals surface area (Å²) in [5.74, 6) is 0. The molecule has 1 atom stereocenters. The molecule has 0 aromatic carbocycles. The van der Waals surface area contributed by atoms with Crippen molar-refractivity contribution in [3.8, 4) is 11.4 Å². The monoisotopic (exact) mass is 228 g/mol. The van der Waals surface area contributed by atoms with Crippen LogP contribution < -0.4 is 5.32 Å². The molecule has 3 rings (SSSR count). The summed E-state index contributed by atoms with van der Waals surface area (Å²) in [7, 11) is 0. The van der Waals surface area contributed by atoms with Crippen molar-refractivity contribution in [3.05, 3.63) is 36.2 Å². The van der Waals surface area contributed by atoms with E-state index in [4.69, 9.17) is 0 Å². The van der Waals surface area contributed by atoms with Crippen LogP contribution in [0.4, 0.5) is 0 Å². The van der Waals surface area contributed by atoms with Gasteiger partial charge in [-0.1, -0.05) is 6.07 Å². The minimum absolute atomic E-state index is 0.326. The summed E-state index contributed by atoms with van der Waals surface area (Å²) >= 11 is 0. The Morgan fingerprint density at radius 3 is 2.94 bits per heavy atom. The Labute approximate surface area is 100 Å². The number of aromatic amines is 1. The lowest BCUT2D eigenvalue weighted by atomic mass is 10.2. The summed E-state index contributed by atoms with van der Waals surface area (Å²) in [5.41, 5.74) is 2.94. The van der Waals surface area contributed by atoms with E-state index in [9.17, 15) is 0 Å². The maximum atomic E-state index is 4.31. The van der Waals surface area contributed by atoms with Gasteiger partial charge in [0.25, 0.3) is 0 Å². The first-order valence-electron chi connectivity index (χ1n) is 6.05. The summed E-state index contributed by atoms with van der Waals surface area (Å²) in [6, 6.07) is 8.96. The van der Waals surface area contributed by atoms with E-state index in [1.165, 1.54) is 12.8 Å². The van der Waals surface area contributed by atoms with Gasteiger partial charge in [-0.25, -0.2) is 0 Å². The lowest BCUT2D eigenvalue weighted by Crippen LogP contribution is -2.20. The molecule has 0 saturated heterocycles. The minimum atomic E-state index is 0.326. The molecule has 2 N–H and O–H groups in total. The van der Waals surface area contributed by atoms with Crippen LogP contribution in [0.2, 0.25) is 0 Å². The van der Waals surface area contributed by atoms with Crippen LogP contribution in [0, 0.1) is 0 Å². The highest BCUT2D eigenvalue weighted by molar-refractivity contribution is 5.53. The second-order valence-corrected chi connectivity index (χ2v) is 4.59. The lowest BCUT2D eigenvalue weighted by molar-refractivity contribution is 0.557. The predicted molar refractivity (Wildman–Crippen MR) is 66.4 cm³/mol. The van der Waals surface area contributed by atoms with Crippen molar-refractivity contribution in [2.75, 3.05) is 0 Å². The van der Waals surface area contributed by atoms with E-state index in [2.05, 4.69) is 33.5 Å². The molecule has 1 saturated carbocycles. The molecular formula is C13H16N4. The minimum Gasteiger partial charge on any atom is -0.306 e. The third-order valence-corrected chi connectivity index (χ3v) is 3.05. The van der Waals surface area contributed by atoms with E-state index in [-0.39, 0.29) is 0 Å². The van der Waals surface area contributed by atoms with E-state index in [1.54, 1.807) is 6.20 Å². The number of H-pyrrole nitrogens is 1. The molecule has 0 aliphatic heterocycles. The third-order valence-electron chi connectivity index (χ3n) is 3.05. The number of aromatic nitrogens is 3. The molecule has 17 heavy (non-hydrogen) atoms. The molecule has 1 fully saturated rings. The SMILES string of the molecule is CC(NC1CC1)c1cc(-c2ccccn2)n[nH]1. The van der Waals surface area contributed by atoms with Gasteiger partial charge >= 0.3 is 0 Å². The van der Waals surface area contributed by atoms with Crippen LogP contribution in [0.25, 0.3) is 11.4 Å². The van der Waals surface area contributed by atoms with E-state index in [1.807, 2.05) is 18.2 Å². The molecule has 2 heterocycles. The Kier molecular flexibility index (Phi) is 2.65. The summed E-state index contributed by atoms with van der Waals surface area (Å²) in [6.45, 7) is 2.16. The predicted octanol–water partition coefficient (Wildman–Crippen LogP) is 2.28. The number of rotatable bonds is 4. The van der Waals surface area contributed by atoms with Crippen molar-refractivity contribution in [3.63, 3.8) is 0 Å². The zero-order valence-electron chi connectivity index (χ0n) is 9.85. The van der Waals surface area contributed by atoms with Crippen LogP contribution in [0.3, 0.4) is 0 Å². The molecule has 0 amide bonds. The fourth-order valence-corrected chi connectivity index (χ4v) is 1.90. The van der Waals surface area contributed by atoms with Gasteiger partial charge in [0.1, 0.15) is 5.69 Å². The first-order valence-corrected chi connectivity index (χ1v) is 6.05. The highest BCUT2D eigenvalue weighted by Crippen LogP contribution is 2.24. The first-order chi connectivity index (χ1) is 8.33. The lowest BCUT2D eigenvalue weighted by Gasteiger charge is -2.09. The number of hydrogen-bond donors (Lipinski definition) is 2. The van der Waals surface area contributed by atoms with Crippen molar-refractivity contribution in [2.24, 2.45) is 0 Å². The summed E-state index contributed by atoms with van der Waals surface area (Å²) in [4.78, 5) is 4.29. The third kappa shape index (κ3) is 2.36. The maximum absolute atomic E-state index is 4.31. The number of pyridine rings is 1. The number of nitrogens with one attached hydrogen (secondary N) is 2. The van der Waals surface area contributed by atoms with E-state index in [0.29, 0.717) is 12.1 Å². The summed E-state index contributed by atoms with van der Waals surface area (Å²) in [6.07, 6.45) is 4.38. The van der Waals surface area contributed by atoms with E-state index >= 15 is 0 Å². The van der Waals surface area contributed by atoms with Gasteiger partial charge in [0.05, 0.1) is 11.4 Å². The van der Waals surface area contributed by atoms with Gasteiger partial charge in [0.2, 0.25) is 0 Å². The van der Waals surface area contributed by atoms with Gasteiger partial charge in [-0.05, 0) is 38.0 Å². The van der Waals surface area contributed by atoms with Crippen molar-refractivity contribution in [2.45, 2.75) is 31.8 Å². The molecule has 2 aromatic rings. The molecule has 0 radical (unpaired) electrons. The van der Waals surface area contributed by atoms with Crippen molar-refractivity contribution in [1.82, 2.24) is 20.5 Å². The Bertz CT molecular complexity index is 487. The normalized spacial score (nSPS) is 17.0. The Morgan fingerprint density at radius 2 is 2.24 bits per heavy atom. The molecule has 0 spiro atoms. The quantitative estimate of drug-likeness (QED) is 0.844. The molecule has 1 aliphatic carbocycles. The highest BCUT2D eigenvalue weighted by atomic mass is 15.1. The van der Waals surface area contributed by atoms with Crippen LogP contribution in [0.1, 0.15) is 31.5 Å². The van der Waals surface area contributed by atoms with E-state index in [0.717, 1.165) is 17.1 Å². The van der Waals surface area contributed by atoms with Gasteiger partial charge in [-0.2, -0.15) is 5.10 Å². The van der Waals surface area contributed by atoms with Crippen molar-refractivity contribution < 1.29 is 0 Å². The van der Waals surface area contributed by atoms with Gasteiger partial charge in [0, 0.05) is 18.3 Å². The zero-order chi connectivity index (χ0) is 11.7. The number of nitrogens with zero attached hydrogens (tertiary/aromatic N) is 2. The first kappa shape index (κ1) is 10.5. The molecule has 1 unspecified atom stereocenters. The molecule has 88 valence electrons. The van der Waals surface area contributed by atoms with Gasteiger partial charge in [-0.3, -0.25) is 10.1 Å². The Balaban J connectivity index is 1.77. The van der Waals surface area contributed by atoms with Gasteiger partial charge < -0.3 is 5.32 Å². The zero-order valence-corrected chi connectivity index (χ0v) is 9.85. The second kappa shape index (κ2) is 4.30. The highest BCUT2D eigenvalue weighted by Gasteiger charge is 2.24. The Morgan fingerprint density at radius 1 is 1.35 bits per heavy atom. The molecule has 4 nitrogen and oxygen atoms in total. The van der Waals surface area contributed by atoms with Crippen molar-refractivity contribution in [1.29, 1.82) is 0 Å². The molecule has 4 heteroatoms. The fraction of sp³-hybridized carbons (Fsp3) is 0.385. The second-order valence-electron chi connectivity index (χ2n) is 4.59. The maximum Gasteiger partial charge on any atom is 0.111 e. The smallest absolute Gasteiger partial charge is 0.111 e. The van der Waals surface area contributed by atoms with Crippen LogP contribution >= 0.6 is 0 Å². The topological polar surface area (TPSA) is 53.6 Å². The van der Waals surface area contributed by atoms with Crippen molar-refractivity contribution >= 4 is 0 Å². The molecule has 0 bridgehead atoms. The molecule has 2 aromatic heterocycles. The standard InChI is InChI=1S/C13H16N4/c1-9(15-10-5-6-10)12-8-13(17-16-12)11-4-2-3-7-14-11/h2-4,7-10,15H,5-6H2,1H3,(H,16,17). The van der Waals surface area contributed by atoms with Gasteiger partial charge in [0.15, 0.2) is 0 Å². The van der Waals surface area contributed by atoms with E-state index < -0.39 is 0 Å². The van der Waals surface area contributed by atoms with Crippen LogP contribution in [0.15, 0.2) is 30.5 Å². The largest absolute Gasteiger partial charge is 0.306 e. The average molecular weight is 228 g/mol. The molecule has 1 aliphatic rings. The van der Waals surface area contributed by atoms with Gasteiger partial charge in [-0.15, -0.1) is 0 Å². The fourth-order valence-electron chi connectivity index (χ4n) is 1.90. The average Bonchev–Trinajstić information content (AvgIpc) is 3.04. The Hall–Kier alpha value is -1.68. The summed E-state index contributed by atoms with van der Waals surface area (Å²) < 4.78 is 0. The van der Waals surface area contributed by atoms with Crippen LogP contribution in [-0.4, -0.2) is 21.2 Å². The van der Waals surface area contributed by atoms with Crippen LogP contribution in [-0.2, 0) is 0 Å². The molecular weight excluding hydrogens is 212 g/mol. The van der Waals surface area contributed by atoms with Crippen LogP contribution in [0.5, 0.6) is 0 Å². The number of hydrogen-bond acceptors (Lipinski definition) is 3.